The summed E-state index contributed by atoms with van der Waals surface area (Å²) in [5.74, 6) is 0.577. The van der Waals surface area contributed by atoms with E-state index in [0.29, 0.717) is 9.54 Å². The number of benzene rings is 2. The van der Waals surface area contributed by atoms with Crippen molar-refractivity contribution < 1.29 is 46.1 Å². The van der Waals surface area contributed by atoms with Crippen molar-refractivity contribution in [2.45, 2.75) is 156 Å². The third-order valence-corrected chi connectivity index (χ3v) is 18.5. The predicted molar refractivity (Wildman–Crippen MR) is 194 cm³/mol. The molecule has 2 aliphatic rings. The van der Waals surface area contributed by atoms with E-state index in [1.54, 1.807) is 19.9 Å². The summed E-state index contributed by atoms with van der Waals surface area (Å²) in [6, 6.07) is 10.7. The Balaban J connectivity index is 0.00000368. The number of rotatable bonds is 3. The summed E-state index contributed by atoms with van der Waals surface area (Å²) in [6.45, 7) is 43.5. The van der Waals surface area contributed by atoms with Crippen LogP contribution in [0, 0.1) is 11.3 Å². The maximum atomic E-state index is 2.70. The smallest absolute Gasteiger partial charge is 1.00 e. The first-order valence-electron chi connectivity index (χ1n) is 17.3. The van der Waals surface area contributed by atoms with Crippen LogP contribution in [-0.4, -0.2) is 3.21 Å². The van der Waals surface area contributed by atoms with Crippen LogP contribution < -0.4 is 24.8 Å². The second-order valence-corrected chi connectivity index (χ2v) is 26.6. The van der Waals surface area contributed by atoms with E-state index in [2.05, 4.69) is 161 Å². The van der Waals surface area contributed by atoms with Gasteiger partial charge in [-0.2, -0.15) is 0 Å². The van der Waals surface area contributed by atoms with Gasteiger partial charge in [-0.1, -0.05) is 0 Å². The molecule has 0 saturated heterocycles. The topological polar surface area (TPSA) is 0 Å². The molecule has 0 aliphatic heterocycles. The van der Waals surface area contributed by atoms with Crippen LogP contribution in [0.3, 0.4) is 0 Å². The Kier molecular flexibility index (Phi) is 12.2. The van der Waals surface area contributed by atoms with E-state index in [9.17, 15) is 0 Å². The first-order valence-corrected chi connectivity index (χ1v) is 21.2. The maximum Gasteiger partial charge on any atom is -1.00 e. The van der Waals surface area contributed by atoms with E-state index in [1.165, 1.54) is 39.8 Å². The van der Waals surface area contributed by atoms with Crippen LogP contribution in [0.2, 0.25) is 0 Å². The van der Waals surface area contributed by atoms with Gasteiger partial charge in [0.15, 0.2) is 0 Å². The van der Waals surface area contributed by atoms with E-state index in [0.717, 1.165) is 0 Å². The Bertz CT molecular complexity index is 1480. The normalized spacial score (nSPS) is 16.8. The Morgan fingerprint density at radius 1 is 0.565 bits per heavy atom. The first-order chi connectivity index (χ1) is 19.8. The fourth-order valence-corrected chi connectivity index (χ4v) is 16.4. The Morgan fingerprint density at radius 2 is 0.913 bits per heavy atom. The first kappa shape index (κ1) is 41.4. The van der Waals surface area contributed by atoms with Crippen molar-refractivity contribution in [3.63, 3.8) is 0 Å². The molecule has 46 heavy (non-hydrogen) atoms. The van der Waals surface area contributed by atoms with Crippen molar-refractivity contribution >= 4 is 3.21 Å². The standard InChI is InChI=1S/C29H41.C11H17.C3H6.2ClH.Zr/c1-26(2,3)22-14-18-13-19-15-23(27(4,5)6)25(29(10,11)12)17-21(19)20(18)16-24(22)28(7,8)9;1-5-9-6-7-10(8-9)11(2,3)4;1-3-2;;;/h13-17H,1-12H3;7-9H,5H2,1-4H3;1-2H3;2*1H;/q;;;;;+2/p-2. The number of fused-ring (bicyclic) bond motifs is 3. The summed E-state index contributed by atoms with van der Waals surface area (Å²) in [6.07, 6.45) is 6.53. The largest absolute Gasteiger partial charge is 1.00 e. The average molecular weight is 743 g/mol. The Labute approximate surface area is 304 Å². The molecule has 1 unspecified atom stereocenters. The summed E-state index contributed by atoms with van der Waals surface area (Å²) in [7, 11) is 0. The van der Waals surface area contributed by atoms with Crippen LogP contribution in [0.15, 0.2) is 45.3 Å². The van der Waals surface area contributed by atoms with Gasteiger partial charge < -0.3 is 24.8 Å². The Hall–Kier alpha value is -0.747. The van der Waals surface area contributed by atoms with E-state index in [4.69, 9.17) is 0 Å². The van der Waals surface area contributed by atoms with Gasteiger partial charge >= 0.3 is 282 Å². The molecule has 4 rings (SSSR count). The zero-order valence-electron chi connectivity index (χ0n) is 32.6. The van der Waals surface area contributed by atoms with Crippen LogP contribution in [0.25, 0.3) is 11.1 Å². The quantitative estimate of drug-likeness (QED) is 0.330. The maximum absolute atomic E-state index is 2.70. The van der Waals surface area contributed by atoms with E-state index < -0.39 is 21.3 Å². The molecule has 3 heteroatoms. The van der Waals surface area contributed by atoms with Gasteiger partial charge in [0.2, 0.25) is 0 Å². The summed E-state index contributed by atoms with van der Waals surface area (Å²) in [4.78, 5) is 0. The van der Waals surface area contributed by atoms with Crippen molar-refractivity contribution in [3.8, 4) is 11.1 Å². The van der Waals surface area contributed by atoms with E-state index >= 15 is 0 Å². The van der Waals surface area contributed by atoms with Gasteiger partial charge in [0.05, 0.1) is 0 Å². The molecular weight excluding hydrogens is 679 g/mol. The van der Waals surface area contributed by atoms with Crippen molar-refractivity contribution in [2.24, 2.45) is 11.3 Å². The molecule has 0 aromatic heterocycles. The number of allylic oxidation sites excluding steroid dienone is 4. The summed E-state index contributed by atoms with van der Waals surface area (Å²) >= 11 is -2.43. The van der Waals surface area contributed by atoms with Gasteiger partial charge in [-0.25, -0.2) is 0 Å². The molecule has 0 nitrogen and oxygen atoms in total. The molecule has 0 spiro atoms. The summed E-state index contributed by atoms with van der Waals surface area (Å²) in [5, 5.41) is 0. The van der Waals surface area contributed by atoms with E-state index in [-0.39, 0.29) is 51.9 Å². The Morgan fingerprint density at radius 3 is 1.20 bits per heavy atom. The van der Waals surface area contributed by atoms with Crippen molar-refractivity contribution in [2.75, 3.05) is 0 Å². The molecule has 0 N–H and O–H groups in total. The third kappa shape index (κ3) is 7.84. The average Bonchev–Trinajstić information content (AvgIpc) is 3.40. The predicted octanol–water partition coefficient (Wildman–Crippen LogP) is 6.68. The fraction of sp³-hybridized carbons (Fsp3) is 0.605. The second kappa shape index (κ2) is 13.5. The monoisotopic (exact) mass is 740 g/mol. The second-order valence-electron chi connectivity index (χ2n) is 19.3. The fourth-order valence-electron chi connectivity index (χ4n) is 7.59. The van der Waals surface area contributed by atoms with Crippen molar-refractivity contribution in [1.29, 1.82) is 0 Å². The molecule has 0 amide bonds. The van der Waals surface area contributed by atoms with Gasteiger partial charge in [0, 0.05) is 0 Å². The molecular formula is C43H64Cl2Zr. The molecule has 0 radical (unpaired) electrons. The van der Waals surface area contributed by atoms with Crippen LogP contribution >= 0.6 is 0 Å². The van der Waals surface area contributed by atoms with Crippen LogP contribution in [0.5, 0.6) is 0 Å². The molecule has 0 fully saturated rings. The van der Waals surface area contributed by atoms with Gasteiger partial charge in [-0.15, -0.1) is 0 Å². The third-order valence-electron chi connectivity index (χ3n) is 10.1. The molecule has 2 aliphatic carbocycles. The number of halogens is 2. The van der Waals surface area contributed by atoms with Gasteiger partial charge in [0.25, 0.3) is 0 Å². The zero-order valence-corrected chi connectivity index (χ0v) is 36.6. The molecule has 0 saturated carbocycles. The molecule has 254 valence electrons. The SMILES string of the molecule is CCC1C=C(C(C)(C)C)C=[C]1[Zr+2](=[C](C)C)[CH]1c2cc(C(C)(C)C)c(C(C)(C)C)cc2-c2cc(C(C)(C)C)c(C(C)(C)C)cc21.[Cl-].[Cl-]. The summed E-state index contributed by atoms with van der Waals surface area (Å²) in [5.41, 5.74) is 14.4. The zero-order chi connectivity index (χ0) is 33.5. The minimum Gasteiger partial charge on any atom is -1.00 e. The number of hydrogen-bond donors (Lipinski definition) is 0. The molecule has 2 aromatic rings. The minimum atomic E-state index is -2.43. The summed E-state index contributed by atoms with van der Waals surface area (Å²) < 4.78 is 4.04. The number of hydrogen-bond acceptors (Lipinski definition) is 0. The van der Waals surface area contributed by atoms with Crippen LogP contribution in [0.4, 0.5) is 0 Å². The van der Waals surface area contributed by atoms with Crippen molar-refractivity contribution in [3.05, 3.63) is 78.7 Å². The van der Waals surface area contributed by atoms with Crippen molar-refractivity contribution in [1.82, 2.24) is 0 Å². The molecule has 0 bridgehead atoms. The van der Waals surface area contributed by atoms with Gasteiger partial charge in [0.1, 0.15) is 0 Å². The van der Waals surface area contributed by atoms with E-state index in [1.807, 2.05) is 3.28 Å². The van der Waals surface area contributed by atoms with Gasteiger partial charge in [-0.3, -0.25) is 0 Å². The molecule has 0 heterocycles. The molecule has 1 atom stereocenters. The van der Waals surface area contributed by atoms with Gasteiger partial charge in [-0.05, 0) is 0 Å². The minimum absolute atomic E-state index is 0. The van der Waals surface area contributed by atoms with Crippen LogP contribution in [0.1, 0.15) is 168 Å². The molecule has 2 aromatic carbocycles. The van der Waals surface area contributed by atoms with Crippen LogP contribution in [-0.2, 0) is 42.9 Å².